The van der Waals surface area contributed by atoms with Gasteiger partial charge in [-0.05, 0) is 44.0 Å². The van der Waals surface area contributed by atoms with Gasteiger partial charge in [0.05, 0.1) is 37.5 Å². The minimum absolute atomic E-state index is 0.0406. The lowest BCUT2D eigenvalue weighted by atomic mass is 10.0. The molecule has 0 radical (unpaired) electrons. The van der Waals surface area contributed by atoms with Crippen LogP contribution in [0.25, 0.3) is 11.0 Å². The van der Waals surface area contributed by atoms with Crippen molar-refractivity contribution >= 4 is 22.6 Å². The Morgan fingerprint density at radius 2 is 1.90 bits per heavy atom. The molecule has 30 heavy (non-hydrogen) atoms. The zero-order valence-electron chi connectivity index (χ0n) is 17.7. The number of anilines is 1. The standard InChI is InChI=1S/C23H28N4O3/c1-16-24-19-6-4-5-7-21(19)27(16)17-10-12-26(13-11-17)15-23(28)25-20-9-8-18(29-2)14-22(20)30-3/h4-9,14,17H,10-13,15H2,1-3H3,(H,25,28). The summed E-state index contributed by atoms with van der Waals surface area (Å²) in [7, 11) is 3.18. The lowest BCUT2D eigenvalue weighted by molar-refractivity contribution is -0.117. The number of carbonyl (C=O) groups excluding carboxylic acids is 1. The number of aromatic nitrogens is 2. The van der Waals surface area contributed by atoms with Gasteiger partial charge in [-0.2, -0.15) is 0 Å². The number of nitrogens with one attached hydrogen (secondary N) is 1. The molecule has 158 valence electrons. The maximum atomic E-state index is 12.6. The summed E-state index contributed by atoms with van der Waals surface area (Å²) in [6.07, 6.45) is 2.00. The van der Waals surface area contributed by atoms with E-state index in [-0.39, 0.29) is 5.91 Å². The lowest BCUT2D eigenvalue weighted by Crippen LogP contribution is -2.39. The van der Waals surface area contributed by atoms with E-state index in [1.165, 1.54) is 5.52 Å². The van der Waals surface area contributed by atoms with E-state index >= 15 is 0 Å². The first kappa shape index (κ1) is 20.2. The van der Waals surface area contributed by atoms with Crippen molar-refractivity contribution in [3.05, 3.63) is 48.3 Å². The highest BCUT2D eigenvalue weighted by Gasteiger charge is 2.24. The van der Waals surface area contributed by atoms with E-state index in [1.807, 2.05) is 6.07 Å². The van der Waals surface area contributed by atoms with Gasteiger partial charge >= 0.3 is 0 Å². The van der Waals surface area contributed by atoms with E-state index in [4.69, 9.17) is 14.5 Å². The molecule has 0 saturated carbocycles. The zero-order valence-corrected chi connectivity index (χ0v) is 17.7. The zero-order chi connectivity index (χ0) is 21.1. The number of hydrogen-bond donors (Lipinski definition) is 1. The van der Waals surface area contributed by atoms with Gasteiger partial charge in [0, 0.05) is 25.2 Å². The van der Waals surface area contributed by atoms with Crippen molar-refractivity contribution in [3.8, 4) is 11.5 Å². The predicted molar refractivity (Wildman–Crippen MR) is 117 cm³/mol. The van der Waals surface area contributed by atoms with Crippen LogP contribution in [0.1, 0.15) is 24.7 Å². The average molecular weight is 409 g/mol. The van der Waals surface area contributed by atoms with Crippen LogP contribution in [0.4, 0.5) is 5.69 Å². The van der Waals surface area contributed by atoms with Crippen LogP contribution in [0, 0.1) is 6.92 Å². The molecule has 7 heteroatoms. The fourth-order valence-corrected chi connectivity index (χ4v) is 4.26. The number of methoxy groups -OCH3 is 2. The molecule has 7 nitrogen and oxygen atoms in total. The molecule has 0 spiro atoms. The number of ether oxygens (including phenoxy) is 2. The van der Waals surface area contributed by atoms with Gasteiger partial charge in [0.25, 0.3) is 0 Å². The first-order chi connectivity index (χ1) is 14.6. The highest BCUT2D eigenvalue weighted by molar-refractivity contribution is 5.93. The Morgan fingerprint density at radius 1 is 1.13 bits per heavy atom. The Kier molecular flexibility index (Phi) is 5.90. The molecule has 1 aliphatic heterocycles. The normalized spacial score (nSPS) is 15.3. The van der Waals surface area contributed by atoms with Crippen LogP contribution in [-0.4, -0.2) is 54.2 Å². The van der Waals surface area contributed by atoms with Crippen LogP contribution in [0.3, 0.4) is 0 Å². The number of rotatable bonds is 6. The topological polar surface area (TPSA) is 68.6 Å². The van der Waals surface area contributed by atoms with Crippen LogP contribution in [0.5, 0.6) is 11.5 Å². The second kappa shape index (κ2) is 8.75. The number of nitrogens with zero attached hydrogens (tertiary/aromatic N) is 3. The number of fused-ring (bicyclic) bond motifs is 1. The van der Waals surface area contributed by atoms with Crippen molar-refractivity contribution < 1.29 is 14.3 Å². The third-order valence-electron chi connectivity index (χ3n) is 5.74. The lowest BCUT2D eigenvalue weighted by Gasteiger charge is -2.33. The summed E-state index contributed by atoms with van der Waals surface area (Å²) in [5.74, 6) is 2.29. The number of benzene rings is 2. The molecule has 4 rings (SSSR count). The van der Waals surface area contributed by atoms with Crippen molar-refractivity contribution in [2.24, 2.45) is 0 Å². The summed E-state index contributed by atoms with van der Waals surface area (Å²) < 4.78 is 12.9. The van der Waals surface area contributed by atoms with Crippen molar-refractivity contribution in [2.45, 2.75) is 25.8 Å². The molecule has 0 atom stereocenters. The number of para-hydroxylation sites is 2. The number of carbonyl (C=O) groups is 1. The molecule has 2 aromatic carbocycles. The summed E-state index contributed by atoms with van der Waals surface area (Å²) in [4.78, 5) is 19.5. The Hall–Kier alpha value is -3.06. The molecule has 1 amide bonds. The van der Waals surface area contributed by atoms with Crippen LogP contribution < -0.4 is 14.8 Å². The first-order valence-corrected chi connectivity index (χ1v) is 10.3. The molecule has 3 aromatic rings. The van der Waals surface area contributed by atoms with Gasteiger partial charge in [0.2, 0.25) is 5.91 Å². The third-order valence-corrected chi connectivity index (χ3v) is 5.74. The molecule has 0 aliphatic carbocycles. The fraction of sp³-hybridized carbons (Fsp3) is 0.391. The molecule has 1 aromatic heterocycles. The van der Waals surface area contributed by atoms with Crippen LogP contribution >= 0.6 is 0 Å². The average Bonchev–Trinajstić information content (AvgIpc) is 3.10. The van der Waals surface area contributed by atoms with Crippen molar-refractivity contribution in [1.29, 1.82) is 0 Å². The van der Waals surface area contributed by atoms with Gasteiger partial charge in [-0.3, -0.25) is 9.69 Å². The molecule has 0 bridgehead atoms. The highest BCUT2D eigenvalue weighted by Crippen LogP contribution is 2.30. The molecule has 1 fully saturated rings. The van der Waals surface area contributed by atoms with Gasteiger partial charge in [0.15, 0.2) is 0 Å². The van der Waals surface area contributed by atoms with Gasteiger partial charge in [-0.25, -0.2) is 4.98 Å². The van der Waals surface area contributed by atoms with E-state index in [0.29, 0.717) is 29.8 Å². The number of aryl methyl sites for hydroxylation is 1. The van der Waals surface area contributed by atoms with Crippen LogP contribution in [0.15, 0.2) is 42.5 Å². The molecule has 1 aliphatic rings. The van der Waals surface area contributed by atoms with Gasteiger partial charge in [-0.15, -0.1) is 0 Å². The second-order valence-corrected chi connectivity index (χ2v) is 7.64. The van der Waals surface area contributed by atoms with E-state index in [0.717, 1.165) is 37.3 Å². The summed E-state index contributed by atoms with van der Waals surface area (Å²) in [6, 6.07) is 14.1. The monoisotopic (exact) mass is 408 g/mol. The first-order valence-electron chi connectivity index (χ1n) is 10.3. The predicted octanol–water partition coefficient (Wildman–Crippen LogP) is 3.64. The minimum atomic E-state index is -0.0406. The van der Waals surface area contributed by atoms with E-state index in [1.54, 1.807) is 32.4 Å². The van der Waals surface area contributed by atoms with Crippen molar-refractivity contribution in [2.75, 3.05) is 39.2 Å². The van der Waals surface area contributed by atoms with Crippen LogP contribution in [-0.2, 0) is 4.79 Å². The minimum Gasteiger partial charge on any atom is -0.497 e. The third kappa shape index (κ3) is 4.11. The van der Waals surface area contributed by atoms with Gasteiger partial charge in [-0.1, -0.05) is 12.1 Å². The summed E-state index contributed by atoms with van der Waals surface area (Å²) in [5, 5.41) is 2.96. The van der Waals surface area contributed by atoms with Gasteiger partial charge in [0.1, 0.15) is 17.3 Å². The molecule has 1 saturated heterocycles. The number of amides is 1. The Labute approximate surface area is 176 Å². The second-order valence-electron chi connectivity index (χ2n) is 7.64. The van der Waals surface area contributed by atoms with Gasteiger partial charge < -0.3 is 19.4 Å². The fourth-order valence-electron chi connectivity index (χ4n) is 4.26. The maximum absolute atomic E-state index is 12.6. The number of hydrogen-bond acceptors (Lipinski definition) is 5. The molecular weight excluding hydrogens is 380 g/mol. The largest absolute Gasteiger partial charge is 0.497 e. The summed E-state index contributed by atoms with van der Waals surface area (Å²) >= 11 is 0. The Bertz CT molecular complexity index is 1040. The van der Waals surface area contributed by atoms with Crippen molar-refractivity contribution in [3.63, 3.8) is 0 Å². The van der Waals surface area contributed by atoms with E-state index in [9.17, 15) is 4.79 Å². The maximum Gasteiger partial charge on any atom is 0.238 e. The summed E-state index contributed by atoms with van der Waals surface area (Å²) in [6.45, 7) is 4.20. The van der Waals surface area contributed by atoms with E-state index < -0.39 is 0 Å². The number of likely N-dealkylation sites (tertiary alicyclic amines) is 1. The number of piperidine rings is 1. The van der Waals surface area contributed by atoms with E-state index in [2.05, 4.69) is 39.9 Å². The Morgan fingerprint density at radius 3 is 2.63 bits per heavy atom. The smallest absolute Gasteiger partial charge is 0.238 e. The SMILES string of the molecule is COc1ccc(NC(=O)CN2CCC(n3c(C)nc4ccccc43)CC2)c(OC)c1. The molecule has 2 heterocycles. The molecule has 0 unspecified atom stereocenters. The molecule has 1 N–H and O–H groups in total. The Balaban J connectivity index is 1.36. The number of imidazole rings is 1. The molecular formula is C23H28N4O3. The summed E-state index contributed by atoms with van der Waals surface area (Å²) in [5.41, 5.74) is 2.89. The van der Waals surface area contributed by atoms with Crippen LogP contribution in [0.2, 0.25) is 0 Å². The van der Waals surface area contributed by atoms with Crippen molar-refractivity contribution in [1.82, 2.24) is 14.5 Å². The quantitative estimate of drug-likeness (QED) is 0.674. The highest BCUT2D eigenvalue weighted by atomic mass is 16.5.